The fourth-order valence-electron chi connectivity index (χ4n) is 2.23. The first kappa shape index (κ1) is 20.3. The first-order chi connectivity index (χ1) is 11.4. The van der Waals surface area contributed by atoms with Crippen molar-refractivity contribution in [3.05, 3.63) is 0 Å². The number of nitrogens with zero attached hydrogens (tertiary/aromatic N) is 2. The maximum absolute atomic E-state index is 11.2. The Morgan fingerprint density at radius 3 is 1.92 bits per heavy atom. The van der Waals surface area contributed by atoms with E-state index in [1.165, 1.54) is 25.9 Å². The number of carbonyl (C=O) groups excluding carboxylic acids is 3. The van der Waals surface area contributed by atoms with E-state index < -0.39 is 11.9 Å². The number of hydroxylamine groups is 2. The van der Waals surface area contributed by atoms with Crippen LogP contribution in [-0.2, 0) is 28.8 Å². The highest BCUT2D eigenvalue weighted by Gasteiger charge is 2.19. The average molecular weight is 346 g/mol. The van der Waals surface area contributed by atoms with Crippen molar-refractivity contribution in [2.24, 2.45) is 0 Å². The Morgan fingerprint density at radius 1 is 0.792 bits per heavy atom. The number of carbonyl (C=O) groups is 3. The molecule has 1 unspecified atom stereocenters. The summed E-state index contributed by atoms with van der Waals surface area (Å²) in [6.45, 7) is 4.66. The van der Waals surface area contributed by atoms with Crippen LogP contribution < -0.4 is 11.1 Å². The Hall–Kier alpha value is -1.75. The third kappa shape index (κ3) is 9.40. The molecule has 1 saturated heterocycles. The highest BCUT2D eigenvalue weighted by Crippen LogP contribution is 2.12. The van der Waals surface area contributed by atoms with E-state index in [1.807, 2.05) is 0 Å². The molecule has 1 rings (SSSR count). The van der Waals surface area contributed by atoms with E-state index in [9.17, 15) is 14.4 Å². The molecular formula is C14H26N4O6. The Labute approximate surface area is 141 Å². The molecule has 0 aromatic rings. The van der Waals surface area contributed by atoms with Gasteiger partial charge in [0.15, 0.2) is 0 Å². The van der Waals surface area contributed by atoms with Gasteiger partial charge in [-0.25, -0.2) is 0 Å². The molecule has 0 bridgehead atoms. The van der Waals surface area contributed by atoms with E-state index in [1.54, 1.807) is 0 Å². The molecule has 0 amide bonds. The predicted octanol–water partition coefficient (Wildman–Crippen LogP) is 0.367. The number of hydrogen-bond donors (Lipinski definition) is 2. The molecule has 0 aromatic heterocycles. The van der Waals surface area contributed by atoms with Gasteiger partial charge in [0.25, 0.3) is 0 Å². The van der Waals surface area contributed by atoms with Gasteiger partial charge in [-0.05, 0) is 19.3 Å². The fourth-order valence-corrected chi connectivity index (χ4v) is 2.23. The minimum Gasteiger partial charge on any atom is -0.463 e. The number of ether oxygens (including phenoxy) is 1. The third-order valence-corrected chi connectivity index (χ3v) is 3.15. The lowest BCUT2D eigenvalue weighted by atomic mass is 10.1. The van der Waals surface area contributed by atoms with Gasteiger partial charge >= 0.3 is 17.9 Å². The van der Waals surface area contributed by atoms with Crippen LogP contribution in [0.3, 0.4) is 0 Å². The lowest BCUT2D eigenvalue weighted by molar-refractivity contribution is -0.254. The van der Waals surface area contributed by atoms with Gasteiger partial charge in [-0.3, -0.25) is 14.4 Å². The number of hydrogen-bond acceptors (Lipinski definition) is 10. The van der Waals surface area contributed by atoms with Crippen molar-refractivity contribution in [3.63, 3.8) is 0 Å². The van der Waals surface area contributed by atoms with Gasteiger partial charge in [-0.2, -0.15) is 0 Å². The van der Waals surface area contributed by atoms with Crippen molar-refractivity contribution in [2.45, 2.75) is 59.0 Å². The van der Waals surface area contributed by atoms with Crippen LogP contribution in [0.15, 0.2) is 0 Å². The molecule has 1 heterocycles. The molecule has 2 N–H and O–H groups in total. The van der Waals surface area contributed by atoms with Crippen molar-refractivity contribution < 1.29 is 28.8 Å². The van der Waals surface area contributed by atoms with Crippen LogP contribution in [0.2, 0.25) is 0 Å². The topological polar surface area (TPSA) is 109 Å². The molecule has 0 aliphatic carbocycles. The lowest BCUT2D eigenvalue weighted by Gasteiger charge is -2.28. The summed E-state index contributed by atoms with van der Waals surface area (Å²) in [4.78, 5) is 43.5. The van der Waals surface area contributed by atoms with Gasteiger partial charge in [-0.15, -0.1) is 11.1 Å². The van der Waals surface area contributed by atoms with Crippen LogP contribution in [-0.4, -0.2) is 47.4 Å². The van der Waals surface area contributed by atoms with E-state index in [-0.39, 0.29) is 18.6 Å². The second-order valence-electron chi connectivity index (χ2n) is 5.46. The van der Waals surface area contributed by atoms with E-state index in [0.29, 0.717) is 19.4 Å². The van der Waals surface area contributed by atoms with Crippen LogP contribution in [0, 0.1) is 0 Å². The first-order valence-electron chi connectivity index (χ1n) is 7.97. The first-order valence-corrected chi connectivity index (χ1v) is 7.97. The van der Waals surface area contributed by atoms with Crippen molar-refractivity contribution in [3.8, 4) is 0 Å². The summed E-state index contributed by atoms with van der Waals surface area (Å²) in [5, 5.41) is 2.40. The van der Waals surface area contributed by atoms with Crippen molar-refractivity contribution >= 4 is 17.9 Å². The SMILES string of the molecule is CC(=O)OC1CCCCCN(OC(C)=O)NNN(OC(C)=O)CC1. The monoisotopic (exact) mass is 346 g/mol. The van der Waals surface area contributed by atoms with Crippen molar-refractivity contribution in [1.82, 2.24) is 21.4 Å². The normalized spacial score (nSPS) is 21.9. The second kappa shape index (κ2) is 10.9. The number of hydrazine groups is 3. The minimum absolute atomic E-state index is 0.244. The highest BCUT2D eigenvalue weighted by atomic mass is 16.8. The number of nitrogens with one attached hydrogen (secondary N) is 2. The maximum Gasteiger partial charge on any atom is 0.323 e. The summed E-state index contributed by atoms with van der Waals surface area (Å²) in [6.07, 6.45) is 3.48. The second-order valence-corrected chi connectivity index (χ2v) is 5.46. The molecule has 1 atom stereocenters. The highest BCUT2D eigenvalue weighted by molar-refractivity contribution is 5.66. The molecule has 1 fully saturated rings. The quantitative estimate of drug-likeness (QED) is 0.695. The Balaban J connectivity index is 2.68. The van der Waals surface area contributed by atoms with E-state index in [4.69, 9.17) is 14.4 Å². The Morgan fingerprint density at radius 2 is 1.38 bits per heavy atom. The van der Waals surface area contributed by atoms with Gasteiger partial charge in [0.2, 0.25) is 0 Å². The van der Waals surface area contributed by atoms with Gasteiger partial charge in [0, 0.05) is 27.2 Å². The van der Waals surface area contributed by atoms with Crippen molar-refractivity contribution in [2.75, 3.05) is 13.1 Å². The Bertz CT molecular complexity index is 403. The van der Waals surface area contributed by atoms with Crippen LogP contribution in [0.4, 0.5) is 0 Å². The van der Waals surface area contributed by atoms with Crippen LogP contribution in [0.1, 0.15) is 52.9 Å². The number of esters is 1. The van der Waals surface area contributed by atoms with Gasteiger partial charge < -0.3 is 14.4 Å². The molecule has 0 spiro atoms. The zero-order valence-electron chi connectivity index (χ0n) is 14.4. The molecule has 0 aromatic carbocycles. The molecule has 1 aliphatic heterocycles. The molecule has 0 saturated carbocycles. The summed E-state index contributed by atoms with van der Waals surface area (Å²) in [6, 6.07) is 0. The van der Waals surface area contributed by atoms with Crippen LogP contribution in [0.5, 0.6) is 0 Å². The Kier molecular flexibility index (Phi) is 9.23. The summed E-state index contributed by atoms with van der Waals surface area (Å²) >= 11 is 0. The summed E-state index contributed by atoms with van der Waals surface area (Å²) in [5.41, 5.74) is 5.31. The van der Waals surface area contributed by atoms with Gasteiger partial charge in [0.05, 0.1) is 13.1 Å². The minimum atomic E-state index is -0.514. The molecule has 0 radical (unpaired) electrons. The van der Waals surface area contributed by atoms with Gasteiger partial charge in [-0.1, -0.05) is 16.8 Å². The molecule has 10 nitrogen and oxygen atoms in total. The molecule has 24 heavy (non-hydrogen) atoms. The van der Waals surface area contributed by atoms with Crippen molar-refractivity contribution in [1.29, 1.82) is 0 Å². The largest absolute Gasteiger partial charge is 0.463 e. The molecule has 138 valence electrons. The fraction of sp³-hybridized carbons (Fsp3) is 0.786. The maximum atomic E-state index is 11.2. The number of rotatable bonds is 3. The smallest absolute Gasteiger partial charge is 0.323 e. The summed E-state index contributed by atoms with van der Waals surface area (Å²) in [5.74, 6) is -1.32. The van der Waals surface area contributed by atoms with E-state index >= 15 is 0 Å². The average Bonchev–Trinajstić information content (AvgIpc) is 2.45. The predicted molar refractivity (Wildman–Crippen MR) is 81.9 cm³/mol. The zero-order chi connectivity index (χ0) is 17.9. The van der Waals surface area contributed by atoms with Crippen LogP contribution >= 0.6 is 0 Å². The third-order valence-electron chi connectivity index (χ3n) is 3.15. The zero-order valence-corrected chi connectivity index (χ0v) is 14.4. The molecule has 10 heteroatoms. The molecular weight excluding hydrogens is 320 g/mol. The standard InChI is InChI=1S/C14H26N4O6/c1-11(19)22-14-7-5-4-6-9-17(23-12(2)20)15-16-18(10-8-14)24-13(3)21/h14-16H,4-10H2,1-3H3. The lowest BCUT2D eigenvalue weighted by Crippen LogP contribution is -2.56. The van der Waals surface area contributed by atoms with Gasteiger partial charge in [0.1, 0.15) is 6.10 Å². The summed E-state index contributed by atoms with van der Waals surface area (Å²) < 4.78 is 5.29. The van der Waals surface area contributed by atoms with E-state index in [0.717, 1.165) is 24.4 Å². The molecule has 1 aliphatic rings. The summed E-state index contributed by atoms with van der Waals surface area (Å²) in [7, 11) is 0. The van der Waals surface area contributed by atoms with E-state index in [2.05, 4.69) is 11.1 Å². The van der Waals surface area contributed by atoms with Crippen LogP contribution in [0.25, 0.3) is 0 Å².